The van der Waals surface area contributed by atoms with Gasteiger partial charge in [0.2, 0.25) is 17.7 Å². The number of halogens is 1. The van der Waals surface area contributed by atoms with Gasteiger partial charge in [-0.05, 0) is 52.5 Å². The number of hydrogen-bond acceptors (Lipinski definition) is 7. The van der Waals surface area contributed by atoms with Crippen molar-refractivity contribution in [3.05, 3.63) is 61.2 Å². The molecular weight excluding hydrogens is 642 g/mol. The maximum atomic E-state index is 14.4. The van der Waals surface area contributed by atoms with E-state index in [2.05, 4.69) is 34.4 Å². The predicted molar refractivity (Wildman–Crippen MR) is 173 cm³/mol. The van der Waals surface area contributed by atoms with Crippen molar-refractivity contribution >= 4 is 39.6 Å². The van der Waals surface area contributed by atoms with Crippen molar-refractivity contribution in [1.29, 1.82) is 0 Å². The average Bonchev–Trinajstić information content (AvgIpc) is 3.58. The van der Waals surface area contributed by atoms with Gasteiger partial charge in [-0.2, -0.15) is 0 Å². The van der Waals surface area contributed by atoms with Gasteiger partial charge in [0, 0.05) is 36.5 Å². The zero-order valence-corrected chi connectivity index (χ0v) is 28.2. The maximum Gasteiger partial charge on any atom is 0.313 e. The minimum Gasteiger partial charge on any atom is -0.455 e. The summed E-state index contributed by atoms with van der Waals surface area (Å²) in [5.41, 5.74) is -1.15. The van der Waals surface area contributed by atoms with E-state index in [0.717, 1.165) is 0 Å². The Balaban J connectivity index is 1.70. The maximum absolute atomic E-state index is 14.4. The molecule has 0 saturated carbocycles. The van der Waals surface area contributed by atoms with Gasteiger partial charge in [0.05, 0.1) is 24.0 Å². The summed E-state index contributed by atoms with van der Waals surface area (Å²) in [5.74, 6) is -3.40. The molecule has 1 spiro atoms. The van der Waals surface area contributed by atoms with Crippen LogP contribution in [0.1, 0.15) is 65.0 Å². The van der Waals surface area contributed by atoms with Crippen molar-refractivity contribution in [1.82, 2.24) is 15.1 Å². The van der Waals surface area contributed by atoms with Crippen LogP contribution in [0.3, 0.4) is 0 Å². The SMILES string of the molecule is C=CCCC(=O)N[C@@H](C)[C@H](OC(=O)[C@@H]1[C@H]2O[C@@]3(CC2Br)[C@H](C(=O)N(CC=C)C(C)(C)C)N(CCCO)C(=O)[C@@H]13)c1ccccc1. The fraction of sp³-hybridized carbons (Fsp3) is 0.588. The highest BCUT2D eigenvalue weighted by molar-refractivity contribution is 9.09. The molecule has 3 fully saturated rings. The topological polar surface area (TPSA) is 125 Å². The molecule has 45 heavy (non-hydrogen) atoms. The molecule has 0 radical (unpaired) electrons. The lowest BCUT2D eigenvalue weighted by Gasteiger charge is -2.42. The number of rotatable bonds is 14. The summed E-state index contributed by atoms with van der Waals surface area (Å²) in [6.07, 6.45) is 3.17. The number of amides is 3. The van der Waals surface area contributed by atoms with Gasteiger partial charge in [-0.3, -0.25) is 19.2 Å². The largest absolute Gasteiger partial charge is 0.455 e. The lowest BCUT2D eigenvalue weighted by Crippen LogP contribution is -2.60. The van der Waals surface area contributed by atoms with Gasteiger partial charge in [0.1, 0.15) is 17.7 Å². The molecule has 10 nitrogen and oxygen atoms in total. The van der Waals surface area contributed by atoms with E-state index in [-0.39, 0.29) is 55.1 Å². The molecule has 11 heteroatoms. The minimum absolute atomic E-state index is 0.138. The number of nitrogens with zero attached hydrogens (tertiary/aromatic N) is 2. The van der Waals surface area contributed by atoms with Crippen LogP contribution in [0, 0.1) is 11.8 Å². The fourth-order valence-corrected chi connectivity index (χ4v) is 8.01. The number of esters is 1. The van der Waals surface area contributed by atoms with Crippen LogP contribution in [-0.4, -0.2) is 92.4 Å². The number of nitrogens with one attached hydrogen (secondary N) is 1. The molecule has 3 heterocycles. The standard InChI is InChI=1S/C34H46BrN3O7/c1-7-9-16-24(40)36-21(3)27(22-14-11-10-12-15-22)44-32(43)25-26-30(41)37(18-13-19-39)29(34(26)20-23(35)28(25)45-34)31(42)38(17-8-2)33(4,5)6/h7-8,10-12,14-15,21,23,25-29,39H,1-2,9,13,16-20H2,3-6H3,(H,36,40)/t21-,23?,25-,26+,27-,28-,29-,34+/m0/s1. The summed E-state index contributed by atoms with van der Waals surface area (Å²) >= 11 is 3.70. The first-order valence-corrected chi connectivity index (χ1v) is 16.5. The molecule has 2 N–H and O–H groups in total. The van der Waals surface area contributed by atoms with Gasteiger partial charge in [-0.25, -0.2) is 0 Å². The summed E-state index contributed by atoms with van der Waals surface area (Å²) in [7, 11) is 0. The van der Waals surface area contributed by atoms with Gasteiger partial charge >= 0.3 is 5.97 Å². The summed E-state index contributed by atoms with van der Waals surface area (Å²) in [6, 6.07) is 7.58. The van der Waals surface area contributed by atoms with E-state index in [1.165, 1.54) is 4.90 Å². The number of fused-ring (bicyclic) bond motifs is 1. The zero-order chi connectivity index (χ0) is 33.1. The van der Waals surface area contributed by atoms with E-state index in [4.69, 9.17) is 9.47 Å². The third-order valence-corrected chi connectivity index (χ3v) is 9.87. The van der Waals surface area contributed by atoms with Gasteiger partial charge in [-0.1, -0.05) is 58.4 Å². The highest BCUT2D eigenvalue weighted by Crippen LogP contribution is 2.60. The minimum atomic E-state index is -1.26. The zero-order valence-electron chi connectivity index (χ0n) is 26.6. The number of aliphatic hydroxyl groups excluding tert-OH is 1. The normalized spacial score (nSPS) is 28.3. The summed E-state index contributed by atoms with van der Waals surface area (Å²) in [5, 5.41) is 12.6. The van der Waals surface area contributed by atoms with Crippen molar-refractivity contribution in [2.24, 2.45) is 11.8 Å². The van der Waals surface area contributed by atoms with Crippen LogP contribution in [0.4, 0.5) is 0 Å². The summed E-state index contributed by atoms with van der Waals surface area (Å²) < 4.78 is 12.8. The van der Waals surface area contributed by atoms with Crippen LogP contribution in [0.5, 0.6) is 0 Å². The Bertz CT molecular complexity index is 1280. The predicted octanol–water partition coefficient (Wildman–Crippen LogP) is 3.69. The molecule has 246 valence electrons. The molecule has 3 amide bonds. The Kier molecular flexibility index (Phi) is 11.0. The second-order valence-electron chi connectivity index (χ2n) is 13.1. The van der Waals surface area contributed by atoms with Gasteiger partial charge < -0.3 is 29.7 Å². The molecule has 2 bridgehead atoms. The fourth-order valence-electron chi connectivity index (χ4n) is 7.07. The first-order valence-electron chi connectivity index (χ1n) is 15.6. The quantitative estimate of drug-likeness (QED) is 0.174. The van der Waals surface area contributed by atoms with Crippen molar-refractivity contribution < 1.29 is 33.8 Å². The lowest BCUT2D eigenvalue weighted by molar-refractivity contribution is -0.162. The number of carbonyl (C=O) groups excluding carboxylic acids is 4. The molecule has 3 saturated heterocycles. The number of hydrogen-bond donors (Lipinski definition) is 2. The van der Waals surface area contributed by atoms with Gasteiger partial charge in [0.25, 0.3) is 0 Å². The number of aliphatic hydroxyl groups is 1. The smallest absolute Gasteiger partial charge is 0.313 e. The Morgan fingerprint density at radius 2 is 1.93 bits per heavy atom. The Hall–Kier alpha value is -3.02. The molecule has 4 rings (SSSR count). The van der Waals surface area contributed by atoms with E-state index in [0.29, 0.717) is 18.4 Å². The molecule has 3 aliphatic rings. The van der Waals surface area contributed by atoms with Crippen LogP contribution in [-0.2, 0) is 28.7 Å². The molecule has 8 atom stereocenters. The number of carbonyl (C=O) groups is 4. The lowest BCUT2D eigenvalue weighted by atomic mass is 9.70. The number of allylic oxidation sites excluding steroid dienone is 1. The molecule has 1 aromatic rings. The molecular formula is C34H46BrN3O7. The molecule has 1 aromatic carbocycles. The van der Waals surface area contributed by atoms with E-state index < -0.39 is 53.2 Å². The van der Waals surface area contributed by atoms with E-state index >= 15 is 0 Å². The number of alkyl halides is 1. The Morgan fingerprint density at radius 3 is 2.53 bits per heavy atom. The summed E-state index contributed by atoms with van der Waals surface area (Å²) in [6.45, 7) is 15.3. The van der Waals surface area contributed by atoms with Crippen LogP contribution < -0.4 is 5.32 Å². The first-order chi connectivity index (χ1) is 21.3. The average molecular weight is 689 g/mol. The molecule has 3 aliphatic heterocycles. The highest BCUT2D eigenvalue weighted by atomic mass is 79.9. The number of benzene rings is 1. The monoisotopic (exact) mass is 687 g/mol. The Labute approximate surface area is 274 Å². The van der Waals surface area contributed by atoms with E-state index in [1.807, 2.05) is 51.1 Å². The second-order valence-corrected chi connectivity index (χ2v) is 14.3. The van der Waals surface area contributed by atoms with Crippen molar-refractivity contribution in [2.75, 3.05) is 19.7 Å². The van der Waals surface area contributed by atoms with Crippen molar-refractivity contribution in [2.45, 2.75) is 93.6 Å². The number of likely N-dealkylation sites (tertiary alicyclic amines) is 1. The van der Waals surface area contributed by atoms with E-state index in [9.17, 15) is 24.3 Å². The van der Waals surface area contributed by atoms with Gasteiger partial charge in [-0.15, -0.1) is 13.2 Å². The van der Waals surface area contributed by atoms with Crippen molar-refractivity contribution in [3.8, 4) is 0 Å². The van der Waals surface area contributed by atoms with Crippen LogP contribution in [0.25, 0.3) is 0 Å². The van der Waals surface area contributed by atoms with Crippen LogP contribution in [0.15, 0.2) is 55.6 Å². The van der Waals surface area contributed by atoms with E-state index in [1.54, 1.807) is 24.0 Å². The second kappa shape index (κ2) is 14.2. The van der Waals surface area contributed by atoms with Crippen LogP contribution >= 0.6 is 15.9 Å². The van der Waals surface area contributed by atoms with Crippen molar-refractivity contribution in [3.63, 3.8) is 0 Å². The third kappa shape index (κ3) is 6.76. The van der Waals surface area contributed by atoms with Crippen LogP contribution in [0.2, 0.25) is 0 Å². The summed E-state index contributed by atoms with van der Waals surface area (Å²) in [4.78, 5) is 58.4. The third-order valence-electron chi connectivity index (χ3n) is 9.03. The first kappa shape index (κ1) is 34.8. The number of ether oxygens (including phenoxy) is 2. The Morgan fingerprint density at radius 1 is 1.24 bits per heavy atom. The van der Waals surface area contributed by atoms with Gasteiger partial charge in [0.15, 0.2) is 0 Å². The highest BCUT2D eigenvalue weighted by Gasteiger charge is 2.77. The molecule has 1 unspecified atom stereocenters. The molecule has 0 aliphatic carbocycles. The molecule has 0 aromatic heterocycles.